The molecule has 0 atom stereocenters. The minimum atomic E-state index is -0.140. The number of hydrogen-bond acceptors (Lipinski definition) is 5. The zero-order valence-corrected chi connectivity index (χ0v) is 22.5. The normalized spacial score (nSPS) is 13.1. The van der Waals surface area contributed by atoms with Crippen molar-refractivity contribution in [1.82, 2.24) is 14.5 Å². The third-order valence-electron chi connectivity index (χ3n) is 6.52. The van der Waals surface area contributed by atoms with Crippen LogP contribution in [0.4, 0.5) is 5.69 Å². The molecule has 2 aromatic heterocycles. The van der Waals surface area contributed by atoms with Crippen molar-refractivity contribution in [3.05, 3.63) is 104 Å². The predicted molar refractivity (Wildman–Crippen MR) is 154 cm³/mol. The van der Waals surface area contributed by atoms with Gasteiger partial charge in [0.25, 0.3) is 5.56 Å². The van der Waals surface area contributed by atoms with E-state index in [2.05, 4.69) is 19.1 Å². The van der Waals surface area contributed by atoms with E-state index >= 15 is 0 Å². The Kier molecular flexibility index (Phi) is 6.19. The molecule has 0 fully saturated rings. The smallest absolute Gasteiger partial charge is 0.265 e. The van der Waals surface area contributed by atoms with Crippen LogP contribution in [-0.2, 0) is 6.67 Å². The van der Waals surface area contributed by atoms with Gasteiger partial charge in [0.15, 0.2) is 10.8 Å². The Bertz CT molecular complexity index is 1700. The van der Waals surface area contributed by atoms with Crippen molar-refractivity contribution >= 4 is 51.7 Å². The van der Waals surface area contributed by atoms with Crippen molar-refractivity contribution in [2.45, 2.75) is 25.7 Å². The van der Waals surface area contributed by atoms with Gasteiger partial charge in [0.05, 0.1) is 32.7 Å². The fraction of sp³-hybridized carbons (Fsp3) is 0.138. The molecule has 5 nitrogen and oxygen atoms in total. The topological polar surface area (TPSA) is 51.0 Å². The quantitative estimate of drug-likeness (QED) is 0.219. The Morgan fingerprint density at radius 1 is 0.838 bits per heavy atom. The summed E-state index contributed by atoms with van der Waals surface area (Å²) in [6.07, 6.45) is 0. The van der Waals surface area contributed by atoms with Gasteiger partial charge in [-0.15, -0.1) is 0 Å². The molecule has 5 aromatic rings. The van der Waals surface area contributed by atoms with Crippen molar-refractivity contribution in [2.75, 3.05) is 10.8 Å². The maximum absolute atomic E-state index is 14.1. The Labute approximate surface area is 228 Å². The lowest BCUT2D eigenvalue weighted by Gasteiger charge is -2.31. The van der Waals surface area contributed by atoms with Crippen molar-refractivity contribution in [3.8, 4) is 22.4 Å². The van der Waals surface area contributed by atoms with Gasteiger partial charge >= 0.3 is 0 Å². The number of aromatic nitrogens is 3. The van der Waals surface area contributed by atoms with Crippen LogP contribution in [0, 0.1) is 13.8 Å². The van der Waals surface area contributed by atoms with Gasteiger partial charge in [-0.1, -0.05) is 101 Å². The molecule has 0 amide bonds. The average molecular weight is 545 g/mol. The summed E-state index contributed by atoms with van der Waals surface area (Å²) >= 11 is 14.4. The molecule has 8 heteroatoms. The number of para-hydroxylation sites is 1. The van der Waals surface area contributed by atoms with Gasteiger partial charge < -0.3 is 4.90 Å². The second-order valence-electron chi connectivity index (χ2n) is 9.14. The van der Waals surface area contributed by atoms with Crippen LogP contribution in [0.15, 0.2) is 82.7 Å². The van der Waals surface area contributed by atoms with Crippen LogP contribution in [0.3, 0.4) is 0 Å². The molecule has 37 heavy (non-hydrogen) atoms. The molecule has 184 valence electrons. The monoisotopic (exact) mass is 544 g/mol. The van der Waals surface area contributed by atoms with Crippen LogP contribution in [0.2, 0.25) is 10.0 Å². The number of aryl methyl sites for hydroxylation is 2. The molecule has 3 aromatic carbocycles. The number of anilines is 1. The van der Waals surface area contributed by atoms with E-state index in [1.165, 1.54) is 17.3 Å². The standard InChI is InChI=1S/C29H22Cl2N4OS/c1-17-6-10-19(11-7-17)21-14-24(20-12-8-18(2)9-13-20)32-27-25(21)28(36)35-15-34(16-37-29(35)33-27)26-22(30)4-3-5-23(26)31/h3-14H,15-16H2,1-2H3. The van der Waals surface area contributed by atoms with Crippen molar-refractivity contribution in [3.63, 3.8) is 0 Å². The average Bonchev–Trinajstić information content (AvgIpc) is 2.89. The molecule has 0 bridgehead atoms. The molecule has 0 N–H and O–H groups in total. The Morgan fingerprint density at radius 2 is 1.46 bits per heavy atom. The number of nitrogens with zero attached hydrogens (tertiary/aromatic N) is 4. The fourth-order valence-corrected chi connectivity index (χ4v) is 6.10. The van der Waals surface area contributed by atoms with Gasteiger partial charge in [-0.05, 0) is 37.6 Å². The molecular weight excluding hydrogens is 523 g/mol. The van der Waals surface area contributed by atoms with Crippen LogP contribution in [0.25, 0.3) is 33.4 Å². The third-order valence-corrected chi connectivity index (χ3v) is 8.14. The molecule has 0 aliphatic carbocycles. The molecule has 0 radical (unpaired) electrons. The van der Waals surface area contributed by atoms with Crippen LogP contribution in [0.1, 0.15) is 11.1 Å². The zero-order chi connectivity index (χ0) is 25.7. The van der Waals surface area contributed by atoms with Crippen LogP contribution in [-0.4, -0.2) is 20.4 Å². The molecule has 3 heterocycles. The second-order valence-corrected chi connectivity index (χ2v) is 10.9. The maximum atomic E-state index is 14.1. The molecule has 0 spiro atoms. The number of fused-ring (bicyclic) bond motifs is 2. The number of benzene rings is 3. The third kappa shape index (κ3) is 4.39. The van der Waals surface area contributed by atoms with E-state index in [4.69, 9.17) is 33.2 Å². The van der Waals surface area contributed by atoms with E-state index < -0.39 is 0 Å². The summed E-state index contributed by atoms with van der Waals surface area (Å²) in [5, 5.41) is 2.21. The number of thioether (sulfide) groups is 1. The molecule has 6 rings (SSSR count). The number of rotatable bonds is 3. The summed E-state index contributed by atoms with van der Waals surface area (Å²) in [5.74, 6) is 0.559. The highest BCUT2D eigenvalue weighted by Crippen LogP contribution is 2.38. The molecule has 0 saturated carbocycles. The minimum absolute atomic E-state index is 0.140. The molecule has 0 unspecified atom stereocenters. The number of hydrogen-bond donors (Lipinski definition) is 0. The van der Waals surface area contributed by atoms with E-state index in [-0.39, 0.29) is 5.56 Å². The SMILES string of the molecule is Cc1ccc(-c2cc(-c3ccc(C)cc3)c3c(=O)n4c(nc3n2)SCN(c2c(Cl)cccc2Cl)C4)cc1. The van der Waals surface area contributed by atoms with Crippen molar-refractivity contribution in [1.29, 1.82) is 0 Å². The first kappa shape index (κ1) is 24.0. The molecule has 0 saturated heterocycles. The highest BCUT2D eigenvalue weighted by Gasteiger charge is 2.25. The van der Waals surface area contributed by atoms with Gasteiger partial charge in [0.2, 0.25) is 0 Å². The maximum Gasteiger partial charge on any atom is 0.265 e. The first-order chi connectivity index (χ1) is 17.9. The molecule has 1 aliphatic heterocycles. The number of halogens is 2. The van der Waals surface area contributed by atoms with E-state index in [1.807, 2.05) is 60.4 Å². The summed E-state index contributed by atoms with van der Waals surface area (Å²) in [6.45, 7) is 4.39. The second kappa shape index (κ2) is 9.53. The predicted octanol–water partition coefficient (Wildman–Crippen LogP) is 7.58. The van der Waals surface area contributed by atoms with Crippen molar-refractivity contribution < 1.29 is 0 Å². The van der Waals surface area contributed by atoms with Crippen LogP contribution >= 0.6 is 35.0 Å². The molecular formula is C29H22Cl2N4OS. The van der Waals surface area contributed by atoms with Crippen LogP contribution in [0.5, 0.6) is 0 Å². The lowest BCUT2D eigenvalue weighted by molar-refractivity contribution is 0.568. The lowest BCUT2D eigenvalue weighted by Crippen LogP contribution is -2.38. The Balaban J connectivity index is 1.56. The van der Waals surface area contributed by atoms with Crippen LogP contribution < -0.4 is 10.5 Å². The van der Waals surface area contributed by atoms with Gasteiger partial charge in [-0.2, -0.15) is 0 Å². The Morgan fingerprint density at radius 3 is 2.11 bits per heavy atom. The highest BCUT2D eigenvalue weighted by molar-refractivity contribution is 7.99. The highest BCUT2D eigenvalue weighted by atomic mass is 35.5. The largest absolute Gasteiger partial charge is 0.341 e. The van der Waals surface area contributed by atoms with Gasteiger partial charge in [0.1, 0.15) is 6.67 Å². The van der Waals surface area contributed by atoms with Gasteiger partial charge in [0, 0.05) is 11.1 Å². The van der Waals surface area contributed by atoms with E-state index in [0.29, 0.717) is 44.5 Å². The van der Waals surface area contributed by atoms with Gasteiger partial charge in [-0.25, -0.2) is 9.97 Å². The minimum Gasteiger partial charge on any atom is -0.341 e. The first-order valence-electron chi connectivity index (χ1n) is 11.8. The molecule has 1 aliphatic rings. The summed E-state index contributed by atoms with van der Waals surface area (Å²) in [4.78, 5) is 25.8. The summed E-state index contributed by atoms with van der Waals surface area (Å²) in [5.41, 5.74) is 6.86. The van der Waals surface area contributed by atoms with E-state index in [1.54, 1.807) is 16.7 Å². The van der Waals surface area contributed by atoms with E-state index in [9.17, 15) is 4.79 Å². The lowest BCUT2D eigenvalue weighted by atomic mass is 9.99. The fourth-order valence-electron chi connectivity index (χ4n) is 4.54. The van der Waals surface area contributed by atoms with Crippen molar-refractivity contribution in [2.24, 2.45) is 0 Å². The van der Waals surface area contributed by atoms with Gasteiger partial charge in [-0.3, -0.25) is 9.36 Å². The summed E-state index contributed by atoms with van der Waals surface area (Å²) in [7, 11) is 0. The Hall–Kier alpha value is -3.32. The summed E-state index contributed by atoms with van der Waals surface area (Å²) < 4.78 is 1.68. The zero-order valence-electron chi connectivity index (χ0n) is 20.2. The van der Waals surface area contributed by atoms with E-state index in [0.717, 1.165) is 27.9 Å². The first-order valence-corrected chi connectivity index (χ1v) is 13.5. The summed E-state index contributed by atoms with van der Waals surface area (Å²) in [6, 6.07) is 23.8. The number of pyridine rings is 1.